The molecule has 1 aromatic rings. The minimum atomic E-state index is 0.0341. The Hall–Kier alpha value is -1.22. The van der Waals surface area contributed by atoms with Crippen molar-refractivity contribution in [3.05, 3.63) is 23.3 Å². The number of fused-ring (bicyclic) bond motifs is 3. The molecule has 1 heterocycles. The number of hydrogen-bond acceptors (Lipinski definition) is 3. The molecule has 3 nitrogen and oxygen atoms in total. The maximum absolute atomic E-state index is 10.7. The van der Waals surface area contributed by atoms with E-state index in [1.54, 1.807) is 0 Å². The first-order valence-electron chi connectivity index (χ1n) is 9.73. The van der Waals surface area contributed by atoms with Crippen molar-refractivity contribution in [2.75, 3.05) is 0 Å². The third-order valence-corrected chi connectivity index (χ3v) is 6.06. The molecule has 1 aliphatic heterocycles. The number of hydrogen-bond donors (Lipinski definition) is 2. The highest BCUT2D eigenvalue weighted by molar-refractivity contribution is 5.54. The lowest BCUT2D eigenvalue weighted by molar-refractivity contribution is 0.173. The Morgan fingerprint density at radius 1 is 1.21 bits per heavy atom. The monoisotopic (exact) mass is 331 g/mol. The van der Waals surface area contributed by atoms with E-state index in [1.165, 1.54) is 31.2 Å². The molecule has 134 valence electrons. The fourth-order valence-corrected chi connectivity index (χ4v) is 4.43. The molecule has 0 aromatic heterocycles. The second-order valence-electron chi connectivity index (χ2n) is 8.39. The minimum absolute atomic E-state index is 0.0341. The van der Waals surface area contributed by atoms with Crippen LogP contribution in [0.3, 0.4) is 0 Å². The van der Waals surface area contributed by atoms with Crippen molar-refractivity contribution in [2.45, 2.75) is 95.6 Å². The molecule has 0 saturated heterocycles. The number of phenolic OH excluding ortho intramolecular Hbond substituents is 1. The summed E-state index contributed by atoms with van der Waals surface area (Å²) in [7, 11) is 0. The molecule has 1 saturated carbocycles. The van der Waals surface area contributed by atoms with Crippen LogP contribution in [0.15, 0.2) is 12.1 Å². The molecule has 1 aromatic carbocycles. The van der Waals surface area contributed by atoms with Crippen LogP contribution in [0.1, 0.15) is 89.2 Å². The Bertz CT molecular complexity index is 581. The highest BCUT2D eigenvalue weighted by atomic mass is 16.5. The molecule has 1 fully saturated rings. The summed E-state index contributed by atoms with van der Waals surface area (Å²) in [4.78, 5) is 0. The second kappa shape index (κ2) is 6.95. The fraction of sp³-hybridized carbons (Fsp3) is 0.714. The highest BCUT2D eigenvalue weighted by Crippen LogP contribution is 2.50. The Morgan fingerprint density at radius 3 is 2.71 bits per heavy atom. The van der Waals surface area contributed by atoms with Crippen molar-refractivity contribution in [1.29, 1.82) is 0 Å². The van der Waals surface area contributed by atoms with Crippen LogP contribution in [0.4, 0.5) is 0 Å². The summed E-state index contributed by atoms with van der Waals surface area (Å²) in [6, 6.07) is 4.22. The number of ether oxygens (including phenoxy) is 1. The van der Waals surface area contributed by atoms with Crippen LogP contribution >= 0.6 is 0 Å². The smallest absolute Gasteiger partial charge is 0.127 e. The molecule has 3 unspecified atom stereocenters. The number of unbranched alkanes of at least 4 members (excludes halogenated alkanes) is 2. The molecule has 0 amide bonds. The van der Waals surface area contributed by atoms with Crippen LogP contribution in [0.5, 0.6) is 11.5 Å². The molecule has 3 atom stereocenters. The summed E-state index contributed by atoms with van der Waals surface area (Å²) in [5.41, 5.74) is 8.59. The largest absolute Gasteiger partial charge is 0.508 e. The maximum atomic E-state index is 10.7. The van der Waals surface area contributed by atoms with Crippen molar-refractivity contribution in [3.63, 3.8) is 0 Å². The highest BCUT2D eigenvalue weighted by Gasteiger charge is 2.41. The SMILES string of the molecule is CCCCCC(C)(C)c1cc(O)c2c(c1)OC1C(N)CCCCC21. The lowest BCUT2D eigenvalue weighted by atomic mass is 9.78. The summed E-state index contributed by atoms with van der Waals surface area (Å²) in [6.07, 6.45) is 9.29. The standard InChI is InChI=1S/C21H33NO2/c1-4-5-8-11-21(2,3)14-12-17(23)19-15-9-6-7-10-16(22)20(15)24-18(19)13-14/h12-13,15-16,20,23H,4-11,22H2,1-3H3. The van der Waals surface area contributed by atoms with E-state index in [4.69, 9.17) is 10.5 Å². The Morgan fingerprint density at radius 2 is 1.96 bits per heavy atom. The number of rotatable bonds is 5. The summed E-state index contributed by atoms with van der Waals surface area (Å²) < 4.78 is 6.26. The van der Waals surface area contributed by atoms with Gasteiger partial charge in [-0.3, -0.25) is 0 Å². The Labute approximate surface area is 146 Å². The Balaban J connectivity index is 1.88. The molecule has 2 aliphatic rings. The van der Waals surface area contributed by atoms with E-state index >= 15 is 0 Å². The average Bonchev–Trinajstić information content (AvgIpc) is 2.81. The number of nitrogens with two attached hydrogens (primary N) is 1. The van der Waals surface area contributed by atoms with Gasteiger partial charge in [-0.25, -0.2) is 0 Å². The third kappa shape index (κ3) is 3.28. The molecule has 0 radical (unpaired) electrons. The zero-order chi connectivity index (χ0) is 17.3. The van der Waals surface area contributed by atoms with Gasteiger partial charge in [0.2, 0.25) is 0 Å². The van der Waals surface area contributed by atoms with E-state index in [1.807, 2.05) is 6.07 Å². The number of phenols is 1. The molecular weight excluding hydrogens is 298 g/mol. The van der Waals surface area contributed by atoms with Gasteiger partial charge in [-0.15, -0.1) is 0 Å². The van der Waals surface area contributed by atoms with Gasteiger partial charge in [-0.05, 0) is 42.4 Å². The molecule has 0 bridgehead atoms. The minimum Gasteiger partial charge on any atom is -0.508 e. The lowest BCUT2D eigenvalue weighted by Crippen LogP contribution is -2.38. The van der Waals surface area contributed by atoms with Crippen molar-refractivity contribution >= 4 is 0 Å². The van der Waals surface area contributed by atoms with Crippen LogP contribution in [0.25, 0.3) is 0 Å². The van der Waals surface area contributed by atoms with Gasteiger partial charge in [0.1, 0.15) is 17.6 Å². The average molecular weight is 332 g/mol. The van der Waals surface area contributed by atoms with Crippen LogP contribution in [-0.4, -0.2) is 17.3 Å². The van der Waals surface area contributed by atoms with Gasteiger partial charge < -0.3 is 15.6 Å². The zero-order valence-electron chi connectivity index (χ0n) is 15.5. The van der Waals surface area contributed by atoms with E-state index in [9.17, 15) is 5.11 Å². The molecule has 3 heteroatoms. The first-order valence-corrected chi connectivity index (χ1v) is 9.73. The van der Waals surface area contributed by atoms with E-state index in [2.05, 4.69) is 26.8 Å². The van der Waals surface area contributed by atoms with Crippen molar-refractivity contribution in [3.8, 4) is 11.5 Å². The quantitative estimate of drug-likeness (QED) is 0.747. The predicted octanol–water partition coefficient (Wildman–Crippen LogP) is 5.00. The van der Waals surface area contributed by atoms with Crippen LogP contribution < -0.4 is 10.5 Å². The Kier molecular flexibility index (Phi) is 5.10. The lowest BCUT2D eigenvalue weighted by Gasteiger charge is -2.26. The third-order valence-electron chi connectivity index (χ3n) is 6.06. The van der Waals surface area contributed by atoms with Gasteiger partial charge in [-0.2, -0.15) is 0 Å². The summed E-state index contributed by atoms with van der Waals surface area (Å²) in [6.45, 7) is 6.76. The zero-order valence-corrected chi connectivity index (χ0v) is 15.5. The van der Waals surface area contributed by atoms with Gasteiger partial charge in [0, 0.05) is 17.5 Å². The van der Waals surface area contributed by atoms with E-state index in [0.29, 0.717) is 5.75 Å². The number of aromatic hydroxyl groups is 1. The van der Waals surface area contributed by atoms with Crippen molar-refractivity contribution < 1.29 is 9.84 Å². The van der Waals surface area contributed by atoms with Gasteiger partial charge in [0.15, 0.2) is 0 Å². The van der Waals surface area contributed by atoms with Crippen molar-refractivity contribution in [1.82, 2.24) is 0 Å². The van der Waals surface area contributed by atoms with E-state index < -0.39 is 0 Å². The van der Waals surface area contributed by atoms with E-state index in [0.717, 1.165) is 37.0 Å². The molecule has 1 aliphatic carbocycles. The van der Waals surface area contributed by atoms with Gasteiger partial charge in [-0.1, -0.05) is 52.9 Å². The van der Waals surface area contributed by atoms with Crippen LogP contribution in [-0.2, 0) is 5.41 Å². The number of benzene rings is 1. The fourth-order valence-electron chi connectivity index (χ4n) is 4.43. The van der Waals surface area contributed by atoms with Gasteiger partial charge in [0.25, 0.3) is 0 Å². The van der Waals surface area contributed by atoms with Gasteiger partial charge in [0.05, 0.1) is 0 Å². The molecular formula is C21H33NO2. The van der Waals surface area contributed by atoms with E-state index in [-0.39, 0.29) is 23.5 Å². The molecule has 3 rings (SSSR count). The van der Waals surface area contributed by atoms with Crippen LogP contribution in [0, 0.1) is 0 Å². The normalized spacial score (nSPS) is 26.4. The first kappa shape index (κ1) is 17.6. The molecule has 3 N–H and O–H groups in total. The van der Waals surface area contributed by atoms with Crippen molar-refractivity contribution in [2.24, 2.45) is 5.73 Å². The maximum Gasteiger partial charge on any atom is 0.127 e. The first-order chi connectivity index (χ1) is 11.4. The predicted molar refractivity (Wildman–Crippen MR) is 98.9 cm³/mol. The summed E-state index contributed by atoms with van der Waals surface area (Å²) in [5, 5.41) is 10.7. The molecule has 24 heavy (non-hydrogen) atoms. The molecule has 0 spiro atoms. The summed E-state index contributed by atoms with van der Waals surface area (Å²) >= 11 is 0. The topological polar surface area (TPSA) is 55.5 Å². The van der Waals surface area contributed by atoms with Crippen LogP contribution in [0.2, 0.25) is 0 Å². The second-order valence-corrected chi connectivity index (χ2v) is 8.39. The van der Waals surface area contributed by atoms with Gasteiger partial charge >= 0.3 is 0 Å². The summed E-state index contributed by atoms with van der Waals surface area (Å²) in [5.74, 6) is 1.54.